The van der Waals surface area contributed by atoms with Crippen molar-refractivity contribution in [2.75, 3.05) is 6.54 Å². The molecule has 0 fully saturated rings. The van der Waals surface area contributed by atoms with Crippen molar-refractivity contribution in [2.45, 2.75) is 31.4 Å². The Kier molecular flexibility index (Phi) is 6.05. The first-order valence-corrected chi connectivity index (χ1v) is 7.94. The fourth-order valence-electron chi connectivity index (χ4n) is 1.83. The van der Waals surface area contributed by atoms with Gasteiger partial charge in [0.25, 0.3) is 0 Å². The second-order valence-electron chi connectivity index (χ2n) is 4.52. The molecule has 0 aliphatic carbocycles. The van der Waals surface area contributed by atoms with Crippen LogP contribution in [0.1, 0.15) is 30.4 Å². The molecule has 0 saturated heterocycles. The number of rotatable bonds is 8. The van der Waals surface area contributed by atoms with Gasteiger partial charge < -0.3 is 9.73 Å². The van der Waals surface area contributed by atoms with Gasteiger partial charge in [0.2, 0.25) is 0 Å². The van der Waals surface area contributed by atoms with E-state index in [1.165, 1.54) is 5.56 Å². The van der Waals surface area contributed by atoms with E-state index in [2.05, 4.69) is 54.7 Å². The van der Waals surface area contributed by atoms with Crippen molar-refractivity contribution in [1.82, 2.24) is 5.32 Å². The van der Waals surface area contributed by atoms with Gasteiger partial charge in [-0.15, -0.1) is 11.8 Å². The van der Waals surface area contributed by atoms with Crippen LogP contribution in [-0.2, 0) is 18.1 Å². The van der Waals surface area contributed by atoms with E-state index >= 15 is 0 Å². The van der Waals surface area contributed by atoms with E-state index < -0.39 is 0 Å². The molecule has 0 aliphatic heterocycles. The predicted molar refractivity (Wildman–Crippen MR) is 82.1 cm³/mol. The van der Waals surface area contributed by atoms with Crippen LogP contribution in [0.25, 0.3) is 0 Å². The smallest absolute Gasteiger partial charge is 0.117 e. The molecule has 0 saturated carbocycles. The Bertz CT molecular complexity index is 467. The lowest BCUT2D eigenvalue weighted by Gasteiger charge is -2.01. The van der Waals surface area contributed by atoms with Gasteiger partial charge in [-0.25, -0.2) is 0 Å². The number of furan rings is 1. The van der Waals surface area contributed by atoms with Crippen LogP contribution in [-0.4, -0.2) is 6.54 Å². The zero-order valence-corrected chi connectivity index (χ0v) is 12.2. The van der Waals surface area contributed by atoms with E-state index in [1.54, 1.807) is 0 Å². The zero-order chi connectivity index (χ0) is 13.3. The predicted octanol–water partition coefficient (Wildman–Crippen LogP) is 4.21. The molecule has 19 heavy (non-hydrogen) atoms. The first-order valence-electron chi connectivity index (χ1n) is 6.78. The topological polar surface area (TPSA) is 25.2 Å². The highest BCUT2D eigenvalue weighted by Gasteiger charge is 2.02. The molecule has 0 spiro atoms. The van der Waals surface area contributed by atoms with Crippen LogP contribution in [0.3, 0.4) is 0 Å². The number of hydrogen-bond donors (Lipinski definition) is 1. The fraction of sp³-hybridized carbons (Fsp3) is 0.375. The third-order valence-corrected chi connectivity index (χ3v) is 3.83. The maximum absolute atomic E-state index is 5.78. The standard InChI is InChI=1S/C16H21NOS/c1-2-10-17-11-15-8-9-16(18-15)13-19-12-14-6-4-3-5-7-14/h3-9,17H,2,10-13H2,1H3. The molecule has 1 aromatic carbocycles. The Hall–Kier alpha value is -1.19. The molecule has 2 rings (SSSR count). The van der Waals surface area contributed by atoms with Gasteiger partial charge >= 0.3 is 0 Å². The summed E-state index contributed by atoms with van der Waals surface area (Å²) in [5.74, 6) is 4.06. The fourth-order valence-corrected chi connectivity index (χ4v) is 2.71. The highest BCUT2D eigenvalue weighted by Crippen LogP contribution is 2.19. The number of nitrogens with one attached hydrogen (secondary N) is 1. The van der Waals surface area contributed by atoms with E-state index in [0.29, 0.717) is 0 Å². The average molecular weight is 275 g/mol. The van der Waals surface area contributed by atoms with Gasteiger partial charge in [0.1, 0.15) is 11.5 Å². The second kappa shape index (κ2) is 8.08. The van der Waals surface area contributed by atoms with E-state index in [9.17, 15) is 0 Å². The molecule has 1 heterocycles. The number of thioether (sulfide) groups is 1. The van der Waals surface area contributed by atoms with Crippen molar-refractivity contribution in [2.24, 2.45) is 0 Å². The molecular weight excluding hydrogens is 254 g/mol. The molecule has 2 nitrogen and oxygen atoms in total. The van der Waals surface area contributed by atoms with Gasteiger partial charge in [-0.2, -0.15) is 0 Å². The minimum Gasteiger partial charge on any atom is -0.464 e. The molecule has 2 aromatic rings. The average Bonchev–Trinajstić information content (AvgIpc) is 2.88. The second-order valence-corrected chi connectivity index (χ2v) is 5.51. The first-order chi connectivity index (χ1) is 9.38. The zero-order valence-electron chi connectivity index (χ0n) is 11.4. The van der Waals surface area contributed by atoms with Crippen LogP contribution in [0.4, 0.5) is 0 Å². The van der Waals surface area contributed by atoms with Gasteiger partial charge in [0.15, 0.2) is 0 Å². The summed E-state index contributed by atoms with van der Waals surface area (Å²) in [6.07, 6.45) is 1.15. The molecule has 0 radical (unpaired) electrons. The minimum absolute atomic E-state index is 0.831. The van der Waals surface area contributed by atoms with Gasteiger partial charge in [0, 0.05) is 5.75 Å². The summed E-state index contributed by atoms with van der Waals surface area (Å²) in [7, 11) is 0. The Balaban J connectivity index is 1.71. The largest absolute Gasteiger partial charge is 0.464 e. The van der Waals surface area contributed by atoms with E-state index in [4.69, 9.17) is 4.42 Å². The molecule has 0 unspecified atom stereocenters. The van der Waals surface area contributed by atoms with Crippen molar-refractivity contribution in [3.8, 4) is 0 Å². The maximum Gasteiger partial charge on any atom is 0.117 e. The highest BCUT2D eigenvalue weighted by atomic mass is 32.2. The minimum atomic E-state index is 0.831. The summed E-state index contributed by atoms with van der Waals surface area (Å²) < 4.78 is 5.78. The van der Waals surface area contributed by atoms with E-state index in [0.717, 1.165) is 42.5 Å². The molecule has 3 heteroatoms. The molecule has 0 bridgehead atoms. The van der Waals surface area contributed by atoms with Crippen molar-refractivity contribution in [3.05, 3.63) is 59.5 Å². The summed E-state index contributed by atoms with van der Waals surface area (Å²) in [4.78, 5) is 0. The molecule has 0 aliphatic rings. The SMILES string of the molecule is CCCNCc1ccc(CSCc2ccccc2)o1. The molecular formula is C16H21NOS. The molecule has 1 N–H and O–H groups in total. The quantitative estimate of drug-likeness (QED) is 0.730. The summed E-state index contributed by atoms with van der Waals surface area (Å²) in [6.45, 7) is 4.04. The normalized spacial score (nSPS) is 10.8. The monoisotopic (exact) mass is 275 g/mol. The van der Waals surface area contributed by atoms with Crippen molar-refractivity contribution < 1.29 is 4.42 Å². The van der Waals surface area contributed by atoms with Gasteiger partial charge in [0.05, 0.1) is 12.3 Å². The van der Waals surface area contributed by atoms with Crippen LogP contribution >= 0.6 is 11.8 Å². The van der Waals surface area contributed by atoms with Crippen LogP contribution in [0.15, 0.2) is 46.9 Å². The van der Waals surface area contributed by atoms with Gasteiger partial charge in [-0.3, -0.25) is 0 Å². The number of benzene rings is 1. The van der Waals surface area contributed by atoms with Crippen LogP contribution in [0.2, 0.25) is 0 Å². The van der Waals surface area contributed by atoms with E-state index in [-0.39, 0.29) is 0 Å². The maximum atomic E-state index is 5.78. The Morgan fingerprint density at radius 3 is 2.58 bits per heavy atom. The molecule has 102 valence electrons. The summed E-state index contributed by atoms with van der Waals surface area (Å²) in [6, 6.07) is 14.7. The molecule has 1 aromatic heterocycles. The van der Waals surface area contributed by atoms with Crippen LogP contribution in [0.5, 0.6) is 0 Å². The summed E-state index contributed by atoms with van der Waals surface area (Å²) >= 11 is 1.89. The number of hydrogen-bond acceptors (Lipinski definition) is 3. The van der Waals surface area contributed by atoms with Crippen LogP contribution in [0, 0.1) is 0 Å². The molecule has 0 atom stereocenters. The van der Waals surface area contributed by atoms with Crippen LogP contribution < -0.4 is 5.32 Å². The third kappa shape index (κ3) is 5.13. The Morgan fingerprint density at radius 1 is 1.00 bits per heavy atom. The van der Waals surface area contributed by atoms with E-state index in [1.807, 2.05) is 11.8 Å². The lowest BCUT2D eigenvalue weighted by molar-refractivity contribution is 0.459. The van der Waals surface area contributed by atoms with Gasteiger partial charge in [-0.1, -0.05) is 37.3 Å². The van der Waals surface area contributed by atoms with Crippen molar-refractivity contribution >= 4 is 11.8 Å². The summed E-state index contributed by atoms with van der Waals surface area (Å²) in [5.41, 5.74) is 1.36. The van der Waals surface area contributed by atoms with Crippen molar-refractivity contribution in [1.29, 1.82) is 0 Å². The Morgan fingerprint density at radius 2 is 1.79 bits per heavy atom. The first kappa shape index (κ1) is 14.2. The lowest BCUT2D eigenvalue weighted by Crippen LogP contribution is -2.12. The van der Waals surface area contributed by atoms with Gasteiger partial charge in [-0.05, 0) is 30.7 Å². The third-order valence-electron chi connectivity index (χ3n) is 2.80. The summed E-state index contributed by atoms with van der Waals surface area (Å²) in [5, 5.41) is 3.35. The van der Waals surface area contributed by atoms with Crippen molar-refractivity contribution in [3.63, 3.8) is 0 Å². The molecule has 0 amide bonds. The Labute approximate surface area is 119 Å². The lowest BCUT2D eigenvalue weighted by atomic mass is 10.2. The highest BCUT2D eigenvalue weighted by molar-refractivity contribution is 7.97.